The molecule has 1 aromatic rings. The Morgan fingerprint density at radius 2 is 1.79 bits per heavy atom. The van der Waals surface area contributed by atoms with E-state index in [0.29, 0.717) is 30.5 Å². The molecule has 0 spiro atoms. The van der Waals surface area contributed by atoms with Crippen LogP contribution in [0.2, 0.25) is 0 Å². The van der Waals surface area contributed by atoms with Crippen LogP contribution in [-0.2, 0) is 9.84 Å². The van der Waals surface area contributed by atoms with Crippen LogP contribution in [0.1, 0.15) is 24.8 Å². The summed E-state index contributed by atoms with van der Waals surface area (Å²) >= 11 is 0. The van der Waals surface area contributed by atoms with Gasteiger partial charge < -0.3 is 10.6 Å². The summed E-state index contributed by atoms with van der Waals surface area (Å²) in [5.74, 6) is 1.09. The van der Waals surface area contributed by atoms with Crippen molar-refractivity contribution in [2.45, 2.75) is 19.3 Å². The highest BCUT2D eigenvalue weighted by Gasteiger charge is 2.21. The van der Waals surface area contributed by atoms with Crippen molar-refractivity contribution in [1.82, 2.24) is 4.90 Å². The topological polar surface area (TPSA) is 63.4 Å². The summed E-state index contributed by atoms with van der Waals surface area (Å²) in [5.41, 5.74) is 7.76. The maximum absolute atomic E-state index is 11.3. The van der Waals surface area contributed by atoms with E-state index < -0.39 is 9.84 Å². The van der Waals surface area contributed by atoms with Gasteiger partial charge in [-0.1, -0.05) is 19.1 Å². The molecule has 0 radical (unpaired) electrons. The van der Waals surface area contributed by atoms with Gasteiger partial charge in [-0.3, -0.25) is 0 Å². The Morgan fingerprint density at radius 1 is 1.21 bits per heavy atom. The Morgan fingerprint density at radius 3 is 2.37 bits per heavy atom. The number of nitrogens with zero attached hydrogens (tertiary/aromatic N) is 1. The van der Waals surface area contributed by atoms with E-state index in [2.05, 4.69) is 24.0 Å². The first-order chi connectivity index (χ1) is 8.96. The lowest BCUT2D eigenvalue weighted by molar-refractivity contribution is 0.285. The number of hydrogen-bond acceptors (Lipinski definition) is 4. The van der Waals surface area contributed by atoms with Crippen molar-refractivity contribution in [3.63, 3.8) is 0 Å². The molecule has 1 atom stereocenters. The molecule has 0 saturated carbocycles. The molecule has 2 rings (SSSR count). The molecule has 0 bridgehead atoms. The fourth-order valence-electron chi connectivity index (χ4n) is 2.34. The molecule has 0 aliphatic carbocycles. The van der Waals surface area contributed by atoms with E-state index in [-0.39, 0.29) is 0 Å². The van der Waals surface area contributed by atoms with Gasteiger partial charge in [-0.2, -0.15) is 0 Å². The minimum absolute atomic E-state index is 0.309. The summed E-state index contributed by atoms with van der Waals surface area (Å²) in [6.07, 6.45) is 1.05. The Hall–Kier alpha value is -1.07. The van der Waals surface area contributed by atoms with E-state index in [1.165, 1.54) is 5.56 Å². The van der Waals surface area contributed by atoms with Crippen molar-refractivity contribution >= 4 is 15.5 Å². The molecule has 4 nitrogen and oxygen atoms in total. The molecule has 1 unspecified atom stereocenters. The summed E-state index contributed by atoms with van der Waals surface area (Å²) < 4.78 is 22.7. The van der Waals surface area contributed by atoms with Crippen LogP contribution < -0.4 is 5.73 Å². The molecular formula is C14H22N2O2S. The minimum Gasteiger partial charge on any atom is -0.399 e. The Bertz CT molecular complexity index is 497. The standard InChI is InChI=1S/C14H22N2O2S/c1-12(13-2-4-14(15)5-3-13)6-7-16-8-10-19(17,18)11-9-16/h2-5,12H,6-11,15H2,1H3. The predicted molar refractivity (Wildman–Crippen MR) is 79.0 cm³/mol. The zero-order valence-corrected chi connectivity index (χ0v) is 12.2. The van der Waals surface area contributed by atoms with E-state index in [4.69, 9.17) is 5.73 Å². The van der Waals surface area contributed by atoms with Gasteiger partial charge in [0.05, 0.1) is 11.5 Å². The molecule has 1 saturated heterocycles. The van der Waals surface area contributed by atoms with Crippen molar-refractivity contribution in [2.75, 3.05) is 36.9 Å². The van der Waals surface area contributed by atoms with E-state index in [1.54, 1.807) is 0 Å². The first-order valence-electron chi connectivity index (χ1n) is 6.74. The van der Waals surface area contributed by atoms with Gasteiger partial charge in [0.2, 0.25) is 0 Å². The number of nitrogen functional groups attached to an aromatic ring is 1. The van der Waals surface area contributed by atoms with Gasteiger partial charge in [-0.05, 0) is 36.6 Å². The molecule has 0 aromatic heterocycles. The van der Waals surface area contributed by atoms with Crippen molar-refractivity contribution < 1.29 is 8.42 Å². The number of anilines is 1. The second-order valence-corrected chi connectivity index (χ2v) is 7.65. The first-order valence-corrected chi connectivity index (χ1v) is 8.57. The predicted octanol–water partition coefficient (Wildman–Crippen LogP) is 1.49. The van der Waals surface area contributed by atoms with Gasteiger partial charge >= 0.3 is 0 Å². The number of rotatable bonds is 4. The monoisotopic (exact) mass is 282 g/mol. The third-order valence-electron chi connectivity index (χ3n) is 3.82. The first kappa shape index (κ1) is 14.3. The maximum atomic E-state index is 11.3. The fraction of sp³-hybridized carbons (Fsp3) is 0.571. The third kappa shape index (κ3) is 4.21. The Labute approximate surface area is 115 Å². The molecule has 106 valence electrons. The third-order valence-corrected chi connectivity index (χ3v) is 5.43. The fourth-order valence-corrected chi connectivity index (χ4v) is 3.62. The lowest BCUT2D eigenvalue weighted by Crippen LogP contribution is -2.40. The number of benzene rings is 1. The van der Waals surface area contributed by atoms with Gasteiger partial charge in [0, 0.05) is 18.8 Å². The van der Waals surface area contributed by atoms with E-state index in [9.17, 15) is 8.42 Å². The molecule has 1 fully saturated rings. The molecule has 5 heteroatoms. The highest BCUT2D eigenvalue weighted by atomic mass is 32.2. The molecule has 1 aliphatic heterocycles. The van der Waals surface area contributed by atoms with Gasteiger partial charge in [-0.15, -0.1) is 0 Å². The van der Waals surface area contributed by atoms with Crippen LogP contribution in [0.5, 0.6) is 0 Å². The van der Waals surface area contributed by atoms with Crippen molar-refractivity contribution in [1.29, 1.82) is 0 Å². The summed E-state index contributed by atoms with van der Waals surface area (Å²) in [5, 5.41) is 0. The van der Waals surface area contributed by atoms with Gasteiger partial charge in [-0.25, -0.2) is 8.42 Å². The van der Waals surface area contributed by atoms with Crippen molar-refractivity contribution in [2.24, 2.45) is 0 Å². The lowest BCUT2D eigenvalue weighted by atomic mass is 9.97. The number of nitrogens with two attached hydrogens (primary N) is 1. The molecule has 0 amide bonds. The van der Waals surface area contributed by atoms with E-state index in [1.807, 2.05) is 12.1 Å². The van der Waals surface area contributed by atoms with Crippen LogP contribution in [0.15, 0.2) is 24.3 Å². The smallest absolute Gasteiger partial charge is 0.152 e. The van der Waals surface area contributed by atoms with Crippen LogP contribution in [0.3, 0.4) is 0 Å². The van der Waals surface area contributed by atoms with Crippen LogP contribution in [-0.4, -0.2) is 44.5 Å². The van der Waals surface area contributed by atoms with Gasteiger partial charge in [0.1, 0.15) is 0 Å². The summed E-state index contributed by atoms with van der Waals surface area (Å²) in [4.78, 5) is 2.24. The molecule has 1 aromatic carbocycles. The number of sulfone groups is 1. The lowest BCUT2D eigenvalue weighted by Gasteiger charge is -2.27. The highest BCUT2D eigenvalue weighted by Crippen LogP contribution is 2.20. The Kier molecular flexibility index (Phi) is 4.47. The average molecular weight is 282 g/mol. The number of hydrogen-bond donors (Lipinski definition) is 1. The summed E-state index contributed by atoms with van der Waals surface area (Å²) in [6, 6.07) is 8.00. The van der Waals surface area contributed by atoms with E-state index >= 15 is 0 Å². The van der Waals surface area contributed by atoms with E-state index in [0.717, 1.165) is 18.7 Å². The Balaban J connectivity index is 1.81. The average Bonchev–Trinajstić information content (AvgIpc) is 2.38. The molecule has 19 heavy (non-hydrogen) atoms. The normalized spacial score (nSPS) is 21.1. The minimum atomic E-state index is -2.77. The quantitative estimate of drug-likeness (QED) is 0.850. The van der Waals surface area contributed by atoms with Crippen molar-refractivity contribution in [3.8, 4) is 0 Å². The zero-order valence-electron chi connectivity index (χ0n) is 11.4. The summed E-state index contributed by atoms with van der Waals surface area (Å²) in [7, 11) is -2.77. The largest absolute Gasteiger partial charge is 0.399 e. The van der Waals surface area contributed by atoms with Crippen LogP contribution in [0, 0.1) is 0 Å². The van der Waals surface area contributed by atoms with Gasteiger partial charge in [0.25, 0.3) is 0 Å². The maximum Gasteiger partial charge on any atom is 0.152 e. The van der Waals surface area contributed by atoms with Crippen LogP contribution in [0.25, 0.3) is 0 Å². The molecular weight excluding hydrogens is 260 g/mol. The molecule has 1 aliphatic rings. The SMILES string of the molecule is CC(CCN1CCS(=O)(=O)CC1)c1ccc(N)cc1. The molecule has 2 N–H and O–H groups in total. The second-order valence-electron chi connectivity index (χ2n) is 5.35. The van der Waals surface area contributed by atoms with Crippen molar-refractivity contribution in [3.05, 3.63) is 29.8 Å². The van der Waals surface area contributed by atoms with Gasteiger partial charge in [0.15, 0.2) is 9.84 Å². The second kappa shape index (κ2) is 5.92. The highest BCUT2D eigenvalue weighted by molar-refractivity contribution is 7.91. The van der Waals surface area contributed by atoms with Crippen LogP contribution in [0.4, 0.5) is 5.69 Å². The zero-order chi connectivity index (χ0) is 13.9. The summed E-state index contributed by atoms with van der Waals surface area (Å²) in [6.45, 7) is 4.51. The molecule has 1 heterocycles. The van der Waals surface area contributed by atoms with Crippen LogP contribution >= 0.6 is 0 Å².